The zero-order valence-electron chi connectivity index (χ0n) is 12.7. The van der Waals surface area contributed by atoms with E-state index in [1.54, 1.807) is 0 Å². The topological polar surface area (TPSA) is 71.9 Å². The van der Waals surface area contributed by atoms with Crippen LogP contribution in [0.1, 0.15) is 46.6 Å². The predicted molar refractivity (Wildman–Crippen MR) is 79.8 cm³/mol. The molecule has 0 fully saturated rings. The Balaban J connectivity index is 3.21. The quantitative estimate of drug-likeness (QED) is 0.855. The molecular formula is C15H22N2O3. The Hall–Kier alpha value is -1.91. The minimum atomic E-state index is -0.483. The lowest BCUT2D eigenvalue weighted by Crippen LogP contribution is -2.39. The molecule has 1 aromatic heterocycles. The second-order valence-electron chi connectivity index (χ2n) is 5.93. The van der Waals surface area contributed by atoms with Gasteiger partial charge in [-0.1, -0.05) is 13.8 Å². The SMILES string of the molecule is CCC(C)C(=O)/C=C/c1cn(C(C)(C)C)c(=O)[nH]c1=O. The summed E-state index contributed by atoms with van der Waals surface area (Å²) in [6.45, 7) is 9.37. The molecule has 0 radical (unpaired) electrons. The molecule has 1 N–H and O–H groups in total. The normalized spacial score (nSPS) is 13.7. The van der Waals surface area contributed by atoms with E-state index in [4.69, 9.17) is 0 Å². The van der Waals surface area contributed by atoms with E-state index >= 15 is 0 Å². The van der Waals surface area contributed by atoms with Crippen molar-refractivity contribution in [1.29, 1.82) is 0 Å². The van der Waals surface area contributed by atoms with E-state index in [0.717, 1.165) is 6.42 Å². The van der Waals surface area contributed by atoms with E-state index in [9.17, 15) is 14.4 Å². The molecule has 0 saturated heterocycles. The van der Waals surface area contributed by atoms with Gasteiger partial charge in [-0.3, -0.25) is 19.1 Å². The van der Waals surface area contributed by atoms with Crippen molar-refractivity contribution in [1.82, 2.24) is 9.55 Å². The Bertz CT molecular complexity index is 630. The molecule has 1 aromatic rings. The smallest absolute Gasteiger partial charge is 0.295 e. The Morgan fingerprint density at radius 3 is 2.50 bits per heavy atom. The highest BCUT2D eigenvalue weighted by Gasteiger charge is 2.16. The van der Waals surface area contributed by atoms with Crippen LogP contribution >= 0.6 is 0 Å². The Morgan fingerprint density at radius 2 is 2.00 bits per heavy atom. The molecule has 0 aliphatic carbocycles. The molecule has 1 atom stereocenters. The lowest BCUT2D eigenvalue weighted by atomic mass is 10.0. The molecule has 5 nitrogen and oxygen atoms in total. The number of carbonyl (C=O) groups excluding carboxylic acids is 1. The highest BCUT2D eigenvalue weighted by atomic mass is 16.2. The average Bonchev–Trinajstić information content (AvgIpc) is 2.34. The minimum Gasteiger partial charge on any atom is -0.295 e. The number of nitrogens with one attached hydrogen (secondary N) is 1. The zero-order chi connectivity index (χ0) is 15.5. The number of aromatic nitrogens is 2. The largest absolute Gasteiger partial charge is 0.328 e. The summed E-state index contributed by atoms with van der Waals surface area (Å²) in [6.07, 6.45) is 5.10. The van der Waals surface area contributed by atoms with Crippen LogP contribution in [0, 0.1) is 5.92 Å². The van der Waals surface area contributed by atoms with E-state index in [-0.39, 0.29) is 11.7 Å². The highest BCUT2D eigenvalue weighted by molar-refractivity contribution is 5.94. The van der Waals surface area contributed by atoms with Gasteiger partial charge in [-0.05, 0) is 39.3 Å². The summed E-state index contributed by atoms with van der Waals surface area (Å²) in [6, 6.07) is 0. The van der Waals surface area contributed by atoms with Crippen molar-refractivity contribution in [3.63, 3.8) is 0 Å². The molecule has 0 aliphatic rings. The third kappa shape index (κ3) is 3.79. The first-order valence-electron chi connectivity index (χ1n) is 6.75. The highest BCUT2D eigenvalue weighted by Crippen LogP contribution is 2.10. The van der Waals surface area contributed by atoms with Crippen LogP contribution in [0.2, 0.25) is 0 Å². The van der Waals surface area contributed by atoms with Gasteiger partial charge in [0, 0.05) is 17.7 Å². The number of H-pyrrole nitrogens is 1. The van der Waals surface area contributed by atoms with Crippen molar-refractivity contribution in [3.05, 3.63) is 38.7 Å². The fourth-order valence-electron chi connectivity index (χ4n) is 1.64. The van der Waals surface area contributed by atoms with Gasteiger partial charge in [-0.2, -0.15) is 0 Å². The molecule has 0 aromatic carbocycles. The molecule has 1 rings (SSSR count). The van der Waals surface area contributed by atoms with Gasteiger partial charge in [-0.15, -0.1) is 0 Å². The monoisotopic (exact) mass is 278 g/mol. The van der Waals surface area contributed by atoms with E-state index in [2.05, 4.69) is 4.98 Å². The fraction of sp³-hybridized carbons (Fsp3) is 0.533. The fourth-order valence-corrected chi connectivity index (χ4v) is 1.64. The lowest BCUT2D eigenvalue weighted by Gasteiger charge is -2.21. The Labute approximate surface area is 118 Å². The Kier molecular flexibility index (Phi) is 4.87. The average molecular weight is 278 g/mol. The van der Waals surface area contributed by atoms with Crippen LogP contribution in [-0.2, 0) is 10.3 Å². The van der Waals surface area contributed by atoms with E-state index in [1.807, 2.05) is 34.6 Å². The van der Waals surface area contributed by atoms with Crippen molar-refractivity contribution in [2.45, 2.75) is 46.6 Å². The third-order valence-electron chi connectivity index (χ3n) is 3.22. The molecule has 0 amide bonds. The summed E-state index contributed by atoms with van der Waals surface area (Å²) in [5.74, 6) is -0.0979. The van der Waals surface area contributed by atoms with Gasteiger partial charge in [0.05, 0.1) is 5.56 Å². The van der Waals surface area contributed by atoms with Crippen molar-refractivity contribution in [2.75, 3.05) is 0 Å². The van der Waals surface area contributed by atoms with Crippen LogP contribution in [0.3, 0.4) is 0 Å². The van der Waals surface area contributed by atoms with Crippen molar-refractivity contribution in [2.24, 2.45) is 5.92 Å². The van der Waals surface area contributed by atoms with Crippen molar-refractivity contribution < 1.29 is 4.79 Å². The lowest BCUT2D eigenvalue weighted by molar-refractivity contribution is -0.117. The number of ketones is 1. The second kappa shape index (κ2) is 6.03. The molecule has 0 bridgehead atoms. The van der Waals surface area contributed by atoms with Gasteiger partial charge in [0.15, 0.2) is 5.78 Å². The van der Waals surface area contributed by atoms with Gasteiger partial charge in [0.2, 0.25) is 0 Å². The standard InChI is InChI=1S/C15H22N2O3/c1-6-10(2)12(18)8-7-11-9-17(15(3,4)5)14(20)16-13(11)19/h7-10H,6H2,1-5H3,(H,16,19,20)/b8-7+. The molecule has 0 spiro atoms. The number of carbonyl (C=O) groups is 1. The van der Waals surface area contributed by atoms with Crippen LogP contribution in [0.4, 0.5) is 0 Å². The summed E-state index contributed by atoms with van der Waals surface area (Å²) in [7, 11) is 0. The first-order valence-corrected chi connectivity index (χ1v) is 6.75. The van der Waals surface area contributed by atoms with Crippen LogP contribution < -0.4 is 11.2 Å². The summed E-state index contributed by atoms with van der Waals surface area (Å²) >= 11 is 0. The summed E-state index contributed by atoms with van der Waals surface area (Å²) in [5, 5.41) is 0. The van der Waals surface area contributed by atoms with E-state index in [1.165, 1.54) is 22.9 Å². The van der Waals surface area contributed by atoms with E-state index < -0.39 is 16.8 Å². The van der Waals surface area contributed by atoms with Crippen molar-refractivity contribution in [3.8, 4) is 0 Å². The van der Waals surface area contributed by atoms with Crippen LogP contribution in [0.5, 0.6) is 0 Å². The first kappa shape index (κ1) is 16.1. The predicted octanol–water partition coefficient (Wildman–Crippen LogP) is 1.92. The number of rotatable bonds is 4. The first-order chi connectivity index (χ1) is 9.16. The van der Waals surface area contributed by atoms with Crippen LogP contribution in [0.15, 0.2) is 21.9 Å². The van der Waals surface area contributed by atoms with Gasteiger partial charge >= 0.3 is 5.69 Å². The number of nitrogens with zero attached hydrogens (tertiary/aromatic N) is 1. The number of hydrogen-bond acceptors (Lipinski definition) is 3. The van der Waals surface area contributed by atoms with Gasteiger partial charge in [-0.25, -0.2) is 4.79 Å². The summed E-state index contributed by atoms with van der Waals surface area (Å²) < 4.78 is 1.45. The second-order valence-corrected chi connectivity index (χ2v) is 5.93. The van der Waals surface area contributed by atoms with Crippen LogP contribution in [-0.4, -0.2) is 15.3 Å². The molecule has 110 valence electrons. The molecule has 20 heavy (non-hydrogen) atoms. The van der Waals surface area contributed by atoms with Crippen molar-refractivity contribution >= 4 is 11.9 Å². The van der Waals surface area contributed by atoms with Gasteiger partial charge in [0.1, 0.15) is 0 Å². The molecule has 0 saturated carbocycles. The molecule has 1 unspecified atom stereocenters. The molecule has 5 heteroatoms. The maximum absolute atomic E-state index is 11.7. The maximum Gasteiger partial charge on any atom is 0.328 e. The maximum atomic E-state index is 11.7. The van der Waals surface area contributed by atoms with Gasteiger partial charge < -0.3 is 0 Å². The number of allylic oxidation sites excluding steroid dienone is 1. The molecular weight excluding hydrogens is 256 g/mol. The van der Waals surface area contributed by atoms with Crippen LogP contribution in [0.25, 0.3) is 6.08 Å². The molecule has 1 heterocycles. The zero-order valence-corrected chi connectivity index (χ0v) is 12.7. The number of hydrogen-bond donors (Lipinski definition) is 1. The van der Waals surface area contributed by atoms with Gasteiger partial charge in [0.25, 0.3) is 5.56 Å². The molecule has 0 aliphatic heterocycles. The van der Waals surface area contributed by atoms with E-state index in [0.29, 0.717) is 5.56 Å². The minimum absolute atomic E-state index is 0.0274. The summed E-state index contributed by atoms with van der Waals surface area (Å²) in [4.78, 5) is 37.5. The number of aromatic amines is 1. The summed E-state index contributed by atoms with van der Waals surface area (Å²) in [5.41, 5.74) is -1.07. The Morgan fingerprint density at radius 1 is 1.40 bits per heavy atom. The third-order valence-corrected chi connectivity index (χ3v) is 3.22.